The predicted octanol–water partition coefficient (Wildman–Crippen LogP) is 4.18. The van der Waals surface area contributed by atoms with Crippen LogP contribution in [-0.2, 0) is 11.2 Å². The molecule has 0 unspecified atom stereocenters. The molecule has 0 radical (unpaired) electrons. The van der Waals surface area contributed by atoms with Crippen LogP contribution >= 0.6 is 0 Å². The molecule has 0 fully saturated rings. The van der Waals surface area contributed by atoms with Gasteiger partial charge in [-0.3, -0.25) is 4.79 Å². The summed E-state index contributed by atoms with van der Waals surface area (Å²) in [7, 11) is 0. The van der Waals surface area contributed by atoms with Crippen LogP contribution in [0.2, 0.25) is 0 Å². The second-order valence-electron chi connectivity index (χ2n) is 6.49. The highest BCUT2D eigenvalue weighted by atomic mass is 16.5. The Morgan fingerprint density at radius 1 is 1.24 bits per heavy atom. The topological polar surface area (TPSA) is 41.6 Å². The molecule has 0 bridgehead atoms. The van der Waals surface area contributed by atoms with Gasteiger partial charge < -0.3 is 15.0 Å². The largest absolute Gasteiger partial charge is 0.494 e. The maximum absolute atomic E-state index is 12.1. The Morgan fingerprint density at radius 3 is 2.92 bits per heavy atom. The van der Waals surface area contributed by atoms with E-state index in [1.54, 1.807) is 0 Å². The molecule has 1 aliphatic heterocycles. The van der Waals surface area contributed by atoms with Gasteiger partial charge in [0.1, 0.15) is 5.75 Å². The van der Waals surface area contributed by atoms with E-state index in [4.69, 9.17) is 4.74 Å². The predicted molar refractivity (Wildman–Crippen MR) is 103 cm³/mol. The van der Waals surface area contributed by atoms with Crippen molar-refractivity contribution in [1.29, 1.82) is 0 Å². The van der Waals surface area contributed by atoms with Crippen molar-refractivity contribution in [1.82, 2.24) is 0 Å². The zero-order chi connectivity index (χ0) is 17.6. The minimum atomic E-state index is 0.0360. The van der Waals surface area contributed by atoms with Gasteiger partial charge in [0.25, 0.3) is 0 Å². The van der Waals surface area contributed by atoms with E-state index in [1.165, 1.54) is 16.8 Å². The number of amides is 1. The molecule has 0 spiro atoms. The van der Waals surface area contributed by atoms with Crippen molar-refractivity contribution < 1.29 is 9.53 Å². The monoisotopic (exact) mass is 338 g/mol. The number of carbonyl (C=O) groups is 1. The first-order valence-corrected chi connectivity index (χ1v) is 9.03. The Bertz CT molecular complexity index is 742. The Balaban J connectivity index is 1.45. The summed E-state index contributed by atoms with van der Waals surface area (Å²) in [6.45, 7) is 6.82. The second-order valence-corrected chi connectivity index (χ2v) is 6.49. The van der Waals surface area contributed by atoms with Gasteiger partial charge in [0.15, 0.2) is 0 Å². The SMILES string of the molecule is CCN1CCc2ccc(NC(=O)CCCOc3cccc(C)c3)cc21. The molecule has 1 heterocycles. The fraction of sp³-hybridized carbons (Fsp3) is 0.381. The summed E-state index contributed by atoms with van der Waals surface area (Å²) in [4.78, 5) is 14.5. The number of nitrogens with one attached hydrogen (secondary N) is 1. The van der Waals surface area contributed by atoms with Crippen molar-refractivity contribution >= 4 is 17.3 Å². The van der Waals surface area contributed by atoms with E-state index in [2.05, 4.69) is 29.3 Å². The number of rotatable bonds is 7. The van der Waals surface area contributed by atoms with Gasteiger partial charge in [0.2, 0.25) is 5.91 Å². The van der Waals surface area contributed by atoms with Crippen molar-refractivity contribution in [2.75, 3.05) is 29.9 Å². The lowest BCUT2D eigenvalue weighted by Crippen LogP contribution is -2.19. The minimum absolute atomic E-state index is 0.0360. The fourth-order valence-corrected chi connectivity index (χ4v) is 3.20. The second kappa shape index (κ2) is 8.06. The molecule has 2 aromatic rings. The van der Waals surface area contributed by atoms with Gasteiger partial charge in [-0.25, -0.2) is 0 Å². The molecule has 25 heavy (non-hydrogen) atoms. The summed E-state index contributed by atoms with van der Waals surface area (Å²) in [5.41, 5.74) is 4.67. The first-order chi connectivity index (χ1) is 12.2. The van der Waals surface area contributed by atoms with E-state index in [1.807, 2.05) is 37.3 Å². The Morgan fingerprint density at radius 2 is 2.12 bits per heavy atom. The van der Waals surface area contributed by atoms with Crippen molar-refractivity contribution in [2.24, 2.45) is 0 Å². The van der Waals surface area contributed by atoms with Crippen LogP contribution in [0.15, 0.2) is 42.5 Å². The first-order valence-electron chi connectivity index (χ1n) is 9.03. The highest BCUT2D eigenvalue weighted by molar-refractivity contribution is 5.91. The average Bonchev–Trinajstić information content (AvgIpc) is 3.01. The van der Waals surface area contributed by atoms with E-state index >= 15 is 0 Å². The lowest BCUT2D eigenvalue weighted by Gasteiger charge is -2.17. The van der Waals surface area contributed by atoms with Crippen molar-refractivity contribution in [3.05, 3.63) is 53.6 Å². The molecule has 4 heteroatoms. The number of nitrogens with zero attached hydrogens (tertiary/aromatic N) is 1. The summed E-state index contributed by atoms with van der Waals surface area (Å²) in [6.07, 6.45) is 2.25. The van der Waals surface area contributed by atoms with Crippen LogP contribution in [0.5, 0.6) is 5.75 Å². The van der Waals surface area contributed by atoms with Gasteiger partial charge in [0.05, 0.1) is 6.61 Å². The van der Waals surface area contributed by atoms with Crippen LogP contribution in [0, 0.1) is 6.92 Å². The summed E-state index contributed by atoms with van der Waals surface area (Å²) < 4.78 is 5.69. The van der Waals surface area contributed by atoms with Crippen LogP contribution in [-0.4, -0.2) is 25.6 Å². The van der Waals surface area contributed by atoms with Crippen molar-refractivity contribution in [3.63, 3.8) is 0 Å². The zero-order valence-corrected chi connectivity index (χ0v) is 15.0. The van der Waals surface area contributed by atoms with Crippen molar-refractivity contribution in [2.45, 2.75) is 33.1 Å². The Labute approximate surface area is 149 Å². The van der Waals surface area contributed by atoms with E-state index in [0.717, 1.165) is 30.9 Å². The molecular weight excluding hydrogens is 312 g/mol. The van der Waals surface area contributed by atoms with Gasteiger partial charge >= 0.3 is 0 Å². The van der Waals surface area contributed by atoms with Gasteiger partial charge in [0, 0.05) is 30.9 Å². The lowest BCUT2D eigenvalue weighted by molar-refractivity contribution is -0.116. The normalized spacial score (nSPS) is 12.8. The molecule has 0 saturated heterocycles. The Hall–Kier alpha value is -2.49. The maximum Gasteiger partial charge on any atom is 0.224 e. The van der Waals surface area contributed by atoms with Crippen LogP contribution in [0.1, 0.15) is 30.9 Å². The number of aryl methyl sites for hydroxylation is 1. The molecule has 2 aromatic carbocycles. The molecule has 3 rings (SSSR count). The number of hydrogen-bond acceptors (Lipinski definition) is 3. The number of fused-ring (bicyclic) bond motifs is 1. The van der Waals surface area contributed by atoms with E-state index in [-0.39, 0.29) is 5.91 Å². The quantitative estimate of drug-likeness (QED) is 0.770. The third-order valence-corrected chi connectivity index (χ3v) is 4.55. The van der Waals surface area contributed by atoms with E-state index < -0.39 is 0 Å². The fourth-order valence-electron chi connectivity index (χ4n) is 3.20. The molecule has 4 nitrogen and oxygen atoms in total. The summed E-state index contributed by atoms with van der Waals surface area (Å²) in [5.74, 6) is 0.896. The minimum Gasteiger partial charge on any atom is -0.494 e. The summed E-state index contributed by atoms with van der Waals surface area (Å²) in [6, 6.07) is 14.2. The summed E-state index contributed by atoms with van der Waals surface area (Å²) in [5, 5.41) is 3.00. The molecule has 0 saturated carbocycles. The molecule has 1 amide bonds. The molecule has 1 N–H and O–H groups in total. The van der Waals surface area contributed by atoms with Crippen molar-refractivity contribution in [3.8, 4) is 5.75 Å². The first kappa shape index (κ1) is 17.3. The zero-order valence-electron chi connectivity index (χ0n) is 15.0. The highest BCUT2D eigenvalue weighted by Gasteiger charge is 2.18. The van der Waals surface area contributed by atoms with Crippen LogP contribution in [0.4, 0.5) is 11.4 Å². The molecule has 132 valence electrons. The van der Waals surface area contributed by atoms with Crippen LogP contribution < -0.4 is 15.0 Å². The maximum atomic E-state index is 12.1. The van der Waals surface area contributed by atoms with E-state index in [0.29, 0.717) is 19.4 Å². The number of hydrogen-bond donors (Lipinski definition) is 1. The number of ether oxygens (including phenoxy) is 1. The molecular formula is C21H26N2O2. The van der Waals surface area contributed by atoms with Gasteiger partial charge in [-0.1, -0.05) is 18.2 Å². The highest BCUT2D eigenvalue weighted by Crippen LogP contribution is 2.30. The molecule has 0 aromatic heterocycles. The van der Waals surface area contributed by atoms with Gasteiger partial charge in [-0.15, -0.1) is 0 Å². The lowest BCUT2D eigenvalue weighted by atomic mass is 10.1. The molecule has 1 aliphatic rings. The summed E-state index contributed by atoms with van der Waals surface area (Å²) >= 11 is 0. The Kier molecular flexibility index (Phi) is 5.59. The smallest absolute Gasteiger partial charge is 0.224 e. The average molecular weight is 338 g/mol. The number of likely N-dealkylation sites (N-methyl/N-ethyl adjacent to an activating group) is 1. The number of anilines is 2. The molecule has 0 aliphatic carbocycles. The van der Waals surface area contributed by atoms with E-state index in [9.17, 15) is 4.79 Å². The van der Waals surface area contributed by atoms with Crippen LogP contribution in [0.3, 0.4) is 0 Å². The van der Waals surface area contributed by atoms with Crippen LogP contribution in [0.25, 0.3) is 0 Å². The molecule has 0 atom stereocenters. The third-order valence-electron chi connectivity index (χ3n) is 4.55. The number of carbonyl (C=O) groups excluding carboxylic acids is 1. The van der Waals surface area contributed by atoms with Gasteiger partial charge in [-0.2, -0.15) is 0 Å². The third kappa shape index (κ3) is 4.53. The standard InChI is InChI=1S/C21H26N2O2/c1-3-23-12-11-17-9-10-18(15-20(17)23)22-21(24)8-5-13-25-19-7-4-6-16(2)14-19/h4,6-7,9-10,14-15H,3,5,8,11-13H2,1-2H3,(H,22,24). The number of benzene rings is 2. The van der Waals surface area contributed by atoms with Gasteiger partial charge in [-0.05, 0) is 62.1 Å².